The van der Waals surface area contributed by atoms with Crippen LogP contribution in [-0.4, -0.2) is 47.9 Å². The first-order valence-electron chi connectivity index (χ1n) is 11.4. The second-order valence-electron chi connectivity index (χ2n) is 8.56. The van der Waals surface area contributed by atoms with E-state index in [1.54, 1.807) is 16.2 Å². The Balaban J connectivity index is 1.48. The molecule has 1 atom stereocenters. The van der Waals surface area contributed by atoms with Crippen LogP contribution in [0.4, 0.5) is 0 Å². The Morgan fingerprint density at radius 1 is 1.19 bits per heavy atom. The fourth-order valence-electron chi connectivity index (χ4n) is 4.79. The maximum Gasteiger partial charge on any atom is 0.242 e. The van der Waals surface area contributed by atoms with Crippen LogP contribution in [-0.2, 0) is 16.0 Å². The minimum absolute atomic E-state index is 0.0171. The number of rotatable bonds is 7. The average molecular weight is 441 g/mol. The molecule has 6 heteroatoms. The molecule has 2 aliphatic rings. The standard InChI is InChI=1S/C25H32N2O3S/c1-3-26(25(29)19-9-5-6-10-19)16-24(28)27-14-12-23-20(13-15-31-23)21(27)17-30-22-11-7-4-8-18(22)2/h4,7-8,11,13,15,19,21H,3,5-6,9-10,12,14,16-17H2,1-2H3/t21-/m1/s1. The lowest BCUT2D eigenvalue weighted by Gasteiger charge is -2.37. The van der Waals surface area contributed by atoms with Crippen molar-refractivity contribution in [3.05, 3.63) is 51.7 Å². The van der Waals surface area contributed by atoms with Crippen LogP contribution in [0.2, 0.25) is 0 Å². The van der Waals surface area contributed by atoms with E-state index >= 15 is 0 Å². The second kappa shape index (κ2) is 9.86. The van der Waals surface area contributed by atoms with Gasteiger partial charge in [0.2, 0.25) is 11.8 Å². The molecule has 0 saturated heterocycles. The van der Waals surface area contributed by atoms with Gasteiger partial charge in [0.25, 0.3) is 0 Å². The number of carbonyl (C=O) groups excluding carboxylic acids is 2. The zero-order valence-corrected chi connectivity index (χ0v) is 19.3. The number of amides is 2. The molecule has 0 bridgehead atoms. The van der Waals surface area contributed by atoms with Gasteiger partial charge in [-0.05, 0) is 61.7 Å². The highest BCUT2D eigenvalue weighted by atomic mass is 32.1. The molecule has 2 heterocycles. The molecule has 166 valence electrons. The van der Waals surface area contributed by atoms with Crippen molar-refractivity contribution in [2.24, 2.45) is 5.92 Å². The van der Waals surface area contributed by atoms with Gasteiger partial charge in [-0.25, -0.2) is 0 Å². The monoisotopic (exact) mass is 440 g/mol. The van der Waals surface area contributed by atoms with Crippen LogP contribution in [0.15, 0.2) is 35.7 Å². The van der Waals surface area contributed by atoms with Gasteiger partial charge < -0.3 is 14.5 Å². The van der Waals surface area contributed by atoms with Crippen LogP contribution in [0.25, 0.3) is 0 Å². The molecule has 2 amide bonds. The van der Waals surface area contributed by atoms with E-state index < -0.39 is 0 Å². The Bertz CT molecular complexity index is 919. The first-order valence-corrected chi connectivity index (χ1v) is 12.3. The number of hydrogen-bond donors (Lipinski definition) is 0. The maximum atomic E-state index is 13.4. The van der Waals surface area contributed by atoms with E-state index in [9.17, 15) is 9.59 Å². The summed E-state index contributed by atoms with van der Waals surface area (Å²) < 4.78 is 6.17. The van der Waals surface area contributed by atoms with Crippen LogP contribution in [0, 0.1) is 12.8 Å². The van der Waals surface area contributed by atoms with Crippen LogP contribution in [0.1, 0.15) is 54.7 Å². The van der Waals surface area contributed by atoms with Crippen molar-refractivity contribution < 1.29 is 14.3 Å². The predicted molar refractivity (Wildman–Crippen MR) is 123 cm³/mol. The van der Waals surface area contributed by atoms with Crippen LogP contribution in [0.3, 0.4) is 0 Å². The minimum Gasteiger partial charge on any atom is -0.491 e. The zero-order chi connectivity index (χ0) is 21.8. The predicted octanol–water partition coefficient (Wildman–Crippen LogP) is 4.60. The van der Waals surface area contributed by atoms with E-state index in [2.05, 4.69) is 11.4 Å². The molecule has 1 aliphatic carbocycles. The van der Waals surface area contributed by atoms with Crippen molar-refractivity contribution in [3.8, 4) is 5.75 Å². The van der Waals surface area contributed by atoms with Crippen LogP contribution in [0.5, 0.6) is 5.75 Å². The van der Waals surface area contributed by atoms with Gasteiger partial charge >= 0.3 is 0 Å². The summed E-state index contributed by atoms with van der Waals surface area (Å²) in [5.74, 6) is 1.11. The van der Waals surface area contributed by atoms with Gasteiger partial charge in [-0.2, -0.15) is 0 Å². The first kappa shape index (κ1) is 21.9. The largest absolute Gasteiger partial charge is 0.491 e. The number of benzene rings is 1. The van der Waals surface area contributed by atoms with Crippen molar-refractivity contribution >= 4 is 23.2 Å². The van der Waals surface area contributed by atoms with Crippen molar-refractivity contribution in [1.82, 2.24) is 9.80 Å². The Kier molecular flexibility index (Phi) is 6.96. The van der Waals surface area contributed by atoms with Gasteiger partial charge in [-0.3, -0.25) is 9.59 Å². The highest BCUT2D eigenvalue weighted by Gasteiger charge is 2.34. The molecule has 0 N–H and O–H groups in total. The molecule has 1 fully saturated rings. The summed E-state index contributed by atoms with van der Waals surface area (Å²) in [5.41, 5.74) is 2.27. The lowest BCUT2D eigenvalue weighted by atomic mass is 10.00. The third-order valence-electron chi connectivity index (χ3n) is 6.63. The lowest BCUT2D eigenvalue weighted by molar-refractivity contribution is -0.144. The molecule has 1 aromatic carbocycles. The molecule has 1 aromatic heterocycles. The van der Waals surface area contributed by atoms with E-state index in [0.717, 1.165) is 43.4 Å². The molecule has 0 radical (unpaired) electrons. The number of ether oxygens (including phenoxy) is 1. The fourth-order valence-corrected chi connectivity index (χ4v) is 5.72. The number of thiophene rings is 1. The second-order valence-corrected chi connectivity index (χ2v) is 9.56. The number of carbonyl (C=O) groups is 2. The van der Waals surface area contributed by atoms with E-state index in [0.29, 0.717) is 19.7 Å². The van der Waals surface area contributed by atoms with Crippen molar-refractivity contribution in [2.75, 3.05) is 26.2 Å². The lowest BCUT2D eigenvalue weighted by Crippen LogP contribution is -2.48. The van der Waals surface area contributed by atoms with Crippen molar-refractivity contribution in [2.45, 2.75) is 52.0 Å². The normalized spacial score (nSPS) is 18.6. The summed E-state index contributed by atoms with van der Waals surface area (Å²) in [5, 5.41) is 2.10. The van der Waals surface area contributed by atoms with Gasteiger partial charge in [-0.15, -0.1) is 11.3 Å². The number of hydrogen-bond acceptors (Lipinski definition) is 4. The fraction of sp³-hybridized carbons (Fsp3) is 0.520. The summed E-state index contributed by atoms with van der Waals surface area (Å²) in [6.07, 6.45) is 5.01. The summed E-state index contributed by atoms with van der Waals surface area (Å²) in [7, 11) is 0. The van der Waals surface area contributed by atoms with E-state index in [-0.39, 0.29) is 30.3 Å². The molecule has 0 spiro atoms. The number of nitrogens with zero attached hydrogens (tertiary/aromatic N) is 2. The Labute approximate surface area is 189 Å². The molecular weight excluding hydrogens is 408 g/mol. The van der Waals surface area contributed by atoms with Gasteiger partial charge in [0.1, 0.15) is 12.4 Å². The van der Waals surface area contributed by atoms with Crippen LogP contribution >= 0.6 is 11.3 Å². The highest BCUT2D eigenvalue weighted by Crippen LogP contribution is 2.34. The number of likely N-dealkylation sites (N-methyl/N-ethyl adjacent to an activating group) is 1. The summed E-state index contributed by atoms with van der Waals surface area (Å²) in [6.45, 7) is 5.82. The van der Waals surface area contributed by atoms with Gasteiger partial charge in [0.15, 0.2) is 0 Å². The van der Waals surface area contributed by atoms with E-state index in [1.807, 2.05) is 43.0 Å². The molecule has 31 heavy (non-hydrogen) atoms. The molecule has 2 aromatic rings. The topological polar surface area (TPSA) is 49.9 Å². The summed E-state index contributed by atoms with van der Waals surface area (Å²) >= 11 is 1.75. The quantitative estimate of drug-likeness (QED) is 0.632. The highest BCUT2D eigenvalue weighted by molar-refractivity contribution is 7.10. The third-order valence-corrected chi connectivity index (χ3v) is 7.63. The average Bonchev–Trinajstić information content (AvgIpc) is 3.48. The molecule has 4 rings (SSSR count). The number of fused-ring (bicyclic) bond motifs is 1. The number of aryl methyl sites for hydroxylation is 1. The van der Waals surface area contributed by atoms with Gasteiger partial charge in [0.05, 0.1) is 12.6 Å². The SMILES string of the molecule is CCN(CC(=O)N1CCc2sccc2[C@H]1COc1ccccc1C)C(=O)C1CCCC1. The van der Waals surface area contributed by atoms with Crippen LogP contribution < -0.4 is 4.74 Å². The molecule has 5 nitrogen and oxygen atoms in total. The first-order chi connectivity index (χ1) is 15.1. The Morgan fingerprint density at radius 3 is 2.71 bits per heavy atom. The zero-order valence-electron chi connectivity index (χ0n) is 18.5. The third kappa shape index (κ3) is 4.79. The van der Waals surface area contributed by atoms with Crippen molar-refractivity contribution in [3.63, 3.8) is 0 Å². The van der Waals surface area contributed by atoms with Crippen molar-refractivity contribution in [1.29, 1.82) is 0 Å². The molecule has 0 unspecified atom stereocenters. The summed E-state index contributed by atoms with van der Waals surface area (Å²) in [6, 6.07) is 9.96. The van der Waals surface area contributed by atoms with Gasteiger partial charge in [0, 0.05) is 23.9 Å². The smallest absolute Gasteiger partial charge is 0.242 e. The van der Waals surface area contributed by atoms with E-state index in [1.165, 1.54) is 10.4 Å². The minimum atomic E-state index is -0.123. The Morgan fingerprint density at radius 2 is 1.97 bits per heavy atom. The number of para-hydroxylation sites is 1. The molecule has 1 saturated carbocycles. The van der Waals surface area contributed by atoms with Gasteiger partial charge in [-0.1, -0.05) is 31.0 Å². The summed E-state index contributed by atoms with van der Waals surface area (Å²) in [4.78, 5) is 31.3. The maximum absolute atomic E-state index is 13.4. The van der Waals surface area contributed by atoms with E-state index in [4.69, 9.17) is 4.74 Å². The molecule has 1 aliphatic heterocycles. The molecular formula is C25H32N2O3S. The Hall–Kier alpha value is -2.34.